The number of carbonyl (C=O) groups is 1. The van der Waals surface area contributed by atoms with Gasteiger partial charge < -0.3 is 4.57 Å². The summed E-state index contributed by atoms with van der Waals surface area (Å²) >= 11 is 13.2. The fourth-order valence-corrected chi connectivity index (χ4v) is 5.23. The van der Waals surface area contributed by atoms with Crippen molar-refractivity contribution in [3.8, 4) is 0 Å². The van der Waals surface area contributed by atoms with Crippen molar-refractivity contribution in [1.82, 2.24) is 4.57 Å². The van der Waals surface area contributed by atoms with Gasteiger partial charge in [-0.1, -0.05) is 90.2 Å². The third-order valence-electron chi connectivity index (χ3n) is 5.21. The van der Waals surface area contributed by atoms with Gasteiger partial charge >= 0.3 is 0 Å². The zero-order valence-corrected chi connectivity index (χ0v) is 18.8. The Morgan fingerprint density at radius 3 is 2.45 bits per heavy atom. The normalized spacial score (nSPS) is 15.4. The van der Waals surface area contributed by atoms with Crippen molar-refractivity contribution in [3.05, 3.63) is 106 Å². The lowest BCUT2D eigenvalue weighted by molar-refractivity contribution is -0.113. The lowest BCUT2D eigenvalue weighted by Gasteiger charge is -2.13. The number of carbonyl (C=O) groups excluding carboxylic acids is 1. The SMILES string of the molecule is O=C1/C(=C/c2cn(Cc3ccccc3Cl)c3ccccc23)SC(=S)N1c1ccccc1. The maximum absolute atomic E-state index is 13.1. The van der Waals surface area contributed by atoms with Crippen LogP contribution in [-0.2, 0) is 11.3 Å². The number of thiocarbonyl (C=S) groups is 1. The Balaban J connectivity index is 1.54. The molecule has 0 saturated carbocycles. The molecule has 0 atom stereocenters. The van der Waals surface area contributed by atoms with Crippen LogP contribution in [0.3, 0.4) is 0 Å². The van der Waals surface area contributed by atoms with Crippen molar-refractivity contribution in [3.63, 3.8) is 0 Å². The molecular weight excluding hydrogens is 444 g/mol. The Labute approximate surface area is 194 Å². The minimum absolute atomic E-state index is 0.0934. The molecular formula is C25H17ClN2OS2. The van der Waals surface area contributed by atoms with Crippen molar-refractivity contribution < 1.29 is 4.79 Å². The number of para-hydroxylation sites is 2. The van der Waals surface area contributed by atoms with E-state index in [1.807, 2.05) is 72.8 Å². The van der Waals surface area contributed by atoms with Crippen LogP contribution in [-0.4, -0.2) is 14.8 Å². The molecule has 1 fully saturated rings. The Morgan fingerprint density at radius 1 is 0.935 bits per heavy atom. The van der Waals surface area contributed by atoms with Crippen molar-refractivity contribution >= 4 is 68.5 Å². The number of thioether (sulfide) groups is 1. The molecule has 0 unspecified atom stereocenters. The molecule has 1 aromatic heterocycles. The van der Waals surface area contributed by atoms with Crippen molar-refractivity contribution in [2.45, 2.75) is 6.54 Å². The van der Waals surface area contributed by atoms with Crippen LogP contribution in [0.25, 0.3) is 17.0 Å². The van der Waals surface area contributed by atoms with Gasteiger partial charge in [0.1, 0.15) is 0 Å². The number of hydrogen-bond donors (Lipinski definition) is 0. The molecule has 1 aliphatic rings. The van der Waals surface area contributed by atoms with E-state index in [1.54, 1.807) is 4.90 Å². The first-order valence-electron chi connectivity index (χ1n) is 9.76. The lowest BCUT2D eigenvalue weighted by Crippen LogP contribution is -2.27. The Kier molecular flexibility index (Phi) is 5.40. The molecule has 1 saturated heterocycles. The van der Waals surface area contributed by atoms with E-state index in [4.69, 9.17) is 23.8 Å². The van der Waals surface area contributed by atoms with Gasteiger partial charge in [-0.15, -0.1) is 0 Å². The van der Waals surface area contributed by atoms with Gasteiger partial charge in [-0.25, -0.2) is 0 Å². The molecule has 1 amide bonds. The summed E-state index contributed by atoms with van der Waals surface area (Å²) in [5.41, 5.74) is 3.91. The van der Waals surface area contributed by atoms with Crippen LogP contribution in [0.5, 0.6) is 0 Å². The second-order valence-corrected chi connectivity index (χ2v) is 9.26. The first-order valence-corrected chi connectivity index (χ1v) is 11.4. The predicted octanol–water partition coefficient (Wildman–Crippen LogP) is 6.75. The standard InChI is InChI=1S/C25H17ClN2OS2/c26-21-12-6-4-8-17(21)15-27-16-18(20-11-5-7-13-22(20)27)14-23-24(29)28(25(30)31-23)19-9-2-1-3-10-19/h1-14,16H,15H2/b23-14-. The molecule has 0 N–H and O–H groups in total. The number of amides is 1. The van der Waals surface area contributed by atoms with Gasteiger partial charge in [-0.2, -0.15) is 0 Å². The number of halogens is 1. The number of hydrogen-bond acceptors (Lipinski definition) is 3. The van der Waals surface area contributed by atoms with E-state index in [0.717, 1.165) is 32.7 Å². The first kappa shape index (κ1) is 20.1. The molecule has 2 heterocycles. The van der Waals surface area contributed by atoms with Crippen LogP contribution in [0.15, 0.2) is 90.0 Å². The summed E-state index contributed by atoms with van der Waals surface area (Å²) in [6, 6.07) is 25.5. The largest absolute Gasteiger partial charge is 0.342 e. The second kappa shape index (κ2) is 8.35. The minimum atomic E-state index is -0.0934. The van der Waals surface area contributed by atoms with Gasteiger partial charge in [-0.05, 0) is 35.9 Å². The smallest absolute Gasteiger partial charge is 0.270 e. The number of aromatic nitrogens is 1. The molecule has 4 aromatic rings. The van der Waals surface area contributed by atoms with E-state index in [1.165, 1.54) is 11.8 Å². The van der Waals surface area contributed by atoms with Crippen molar-refractivity contribution in [2.75, 3.05) is 4.90 Å². The van der Waals surface area contributed by atoms with E-state index in [9.17, 15) is 4.79 Å². The van der Waals surface area contributed by atoms with E-state index in [-0.39, 0.29) is 5.91 Å². The highest BCUT2D eigenvalue weighted by atomic mass is 35.5. The maximum atomic E-state index is 13.1. The van der Waals surface area contributed by atoms with Gasteiger partial charge in [0.05, 0.1) is 10.6 Å². The first-order chi connectivity index (χ1) is 15.1. The lowest BCUT2D eigenvalue weighted by atomic mass is 10.1. The summed E-state index contributed by atoms with van der Waals surface area (Å²) < 4.78 is 2.71. The van der Waals surface area contributed by atoms with Crippen LogP contribution < -0.4 is 4.90 Å². The van der Waals surface area contributed by atoms with E-state index < -0.39 is 0 Å². The van der Waals surface area contributed by atoms with Crippen molar-refractivity contribution in [1.29, 1.82) is 0 Å². The molecule has 1 aliphatic heterocycles. The Hall–Kier alpha value is -2.86. The molecule has 31 heavy (non-hydrogen) atoms. The number of rotatable bonds is 4. The summed E-state index contributed by atoms with van der Waals surface area (Å²) in [6.07, 6.45) is 4.01. The van der Waals surface area contributed by atoms with Crippen LogP contribution in [0.1, 0.15) is 11.1 Å². The monoisotopic (exact) mass is 460 g/mol. The Morgan fingerprint density at radius 2 is 1.65 bits per heavy atom. The van der Waals surface area contributed by atoms with Crippen LogP contribution in [0.4, 0.5) is 5.69 Å². The molecule has 0 spiro atoms. The molecule has 3 aromatic carbocycles. The topological polar surface area (TPSA) is 25.2 Å². The molecule has 0 radical (unpaired) electrons. The summed E-state index contributed by atoms with van der Waals surface area (Å²) in [5.74, 6) is -0.0934. The molecule has 5 rings (SSSR count). The molecule has 0 aliphatic carbocycles. The number of fused-ring (bicyclic) bond motifs is 1. The molecule has 3 nitrogen and oxygen atoms in total. The molecule has 152 valence electrons. The zero-order chi connectivity index (χ0) is 21.4. The van der Waals surface area contributed by atoms with Gasteiger partial charge in [0.15, 0.2) is 4.32 Å². The zero-order valence-electron chi connectivity index (χ0n) is 16.4. The van der Waals surface area contributed by atoms with Crippen LogP contribution in [0.2, 0.25) is 5.02 Å². The Bertz CT molecular complexity index is 1340. The van der Waals surface area contributed by atoms with Crippen molar-refractivity contribution in [2.24, 2.45) is 0 Å². The predicted molar refractivity (Wildman–Crippen MR) is 135 cm³/mol. The quantitative estimate of drug-likeness (QED) is 0.249. The van der Waals surface area contributed by atoms with E-state index in [2.05, 4.69) is 22.9 Å². The highest BCUT2D eigenvalue weighted by molar-refractivity contribution is 8.27. The second-order valence-electron chi connectivity index (χ2n) is 7.17. The summed E-state index contributed by atoms with van der Waals surface area (Å²) in [6.45, 7) is 0.652. The third-order valence-corrected chi connectivity index (χ3v) is 6.88. The summed E-state index contributed by atoms with van der Waals surface area (Å²) in [5, 5.41) is 1.82. The van der Waals surface area contributed by atoms with Gasteiger partial charge in [0.25, 0.3) is 5.91 Å². The highest BCUT2D eigenvalue weighted by Gasteiger charge is 2.33. The minimum Gasteiger partial charge on any atom is -0.342 e. The van der Waals surface area contributed by atoms with E-state index >= 15 is 0 Å². The molecule has 6 heteroatoms. The highest BCUT2D eigenvalue weighted by Crippen LogP contribution is 2.37. The van der Waals surface area contributed by atoms with Gasteiger partial charge in [-0.3, -0.25) is 9.69 Å². The average Bonchev–Trinajstić information content (AvgIpc) is 3.27. The van der Waals surface area contributed by atoms with Gasteiger partial charge in [0, 0.05) is 34.2 Å². The summed E-state index contributed by atoms with van der Waals surface area (Å²) in [7, 11) is 0. The molecule has 0 bridgehead atoms. The number of nitrogens with zero attached hydrogens (tertiary/aromatic N) is 2. The fraction of sp³-hybridized carbons (Fsp3) is 0.0400. The fourth-order valence-electron chi connectivity index (χ4n) is 3.74. The number of anilines is 1. The average molecular weight is 461 g/mol. The van der Waals surface area contributed by atoms with E-state index in [0.29, 0.717) is 15.8 Å². The summed E-state index contributed by atoms with van der Waals surface area (Å²) in [4.78, 5) is 15.3. The van der Waals surface area contributed by atoms with Gasteiger partial charge in [0.2, 0.25) is 0 Å². The third kappa shape index (κ3) is 3.81. The number of benzene rings is 3. The van der Waals surface area contributed by atoms with Crippen LogP contribution >= 0.6 is 35.6 Å². The van der Waals surface area contributed by atoms with Crippen LogP contribution in [0, 0.1) is 0 Å². The maximum Gasteiger partial charge on any atom is 0.270 e.